The smallest absolute Gasteiger partial charge is 0.232 e. The normalized spacial score (nSPS) is 22.2. The molecule has 0 bridgehead atoms. The average molecular weight is 230 g/mol. The maximum atomic E-state index is 11.9. The molecule has 0 aliphatic carbocycles. The van der Waals surface area contributed by atoms with Crippen LogP contribution in [0.4, 0.5) is 0 Å². The van der Waals surface area contributed by atoms with E-state index >= 15 is 0 Å². The second kappa shape index (κ2) is 4.45. The zero-order valence-corrected chi connectivity index (χ0v) is 10.3. The fraction of sp³-hybridized carbons (Fsp3) is 0.800. The highest BCUT2D eigenvalue weighted by Crippen LogP contribution is 2.18. The standard InChI is InChI=1S/C10H18N2O2S/c1-7(8(11)15)9(13)12-4-5-14-10(2,3)6-12/h7H,4-6H2,1-3H3,(H2,11,15). The number of carbonyl (C=O) groups excluding carboxylic acids is 1. The molecule has 5 heteroatoms. The second-order valence-corrected chi connectivity index (χ2v) is 4.96. The molecule has 0 spiro atoms. The van der Waals surface area contributed by atoms with E-state index in [1.54, 1.807) is 11.8 Å². The lowest BCUT2D eigenvalue weighted by Crippen LogP contribution is -2.53. The summed E-state index contributed by atoms with van der Waals surface area (Å²) in [7, 11) is 0. The molecule has 1 aliphatic heterocycles. The van der Waals surface area contributed by atoms with E-state index in [4.69, 9.17) is 22.7 Å². The molecule has 1 aliphatic rings. The molecule has 1 amide bonds. The summed E-state index contributed by atoms with van der Waals surface area (Å²) in [6.07, 6.45) is 0. The van der Waals surface area contributed by atoms with Crippen molar-refractivity contribution in [2.45, 2.75) is 26.4 Å². The highest BCUT2D eigenvalue weighted by Gasteiger charge is 2.32. The third kappa shape index (κ3) is 3.14. The number of amides is 1. The molecule has 4 nitrogen and oxygen atoms in total. The van der Waals surface area contributed by atoms with Crippen LogP contribution in [0.15, 0.2) is 0 Å². The predicted octanol–water partition coefficient (Wildman–Crippen LogP) is 0.546. The zero-order valence-electron chi connectivity index (χ0n) is 9.45. The summed E-state index contributed by atoms with van der Waals surface area (Å²) in [5, 5.41) is 0. The van der Waals surface area contributed by atoms with Crippen LogP contribution in [-0.4, -0.2) is 41.1 Å². The lowest BCUT2D eigenvalue weighted by atomic mass is 10.0. The monoisotopic (exact) mass is 230 g/mol. The van der Waals surface area contributed by atoms with Crippen LogP contribution in [0, 0.1) is 5.92 Å². The average Bonchev–Trinajstić information content (AvgIpc) is 2.13. The van der Waals surface area contributed by atoms with Crippen molar-refractivity contribution >= 4 is 23.1 Å². The van der Waals surface area contributed by atoms with Crippen LogP contribution in [-0.2, 0) is 9.53 Å². The molecule has 1 heterocycles. The van der Waals surface area contributed by atoms with E-state index in [-0.39, 0.29) is 22.4 Å². The van der Waals surface area contributed by atoms with Gasteiger partial charge in [0.2, 0.25) is 5.91 Å². The third-order valence-electron chi connectivity index (χ3n) is 2.53. The van der Waals surface area contributed by atoms with E-state index in [1.807, 2.05) is 13.8 Å². The number of thiocarbonyl (C=S) groups is 1. The quantitative estimate of drug-likeness (QED) is 0.704. The number of morpholine rings is 1. The summed E-state index contributed by atoms with van der Waals surface area (Å²) in [5.41, 5.74) is 5.19. The number of rotatable bonds is 2. The molecule has 0 aromatic heterocycles. The van der Waals surface area contributed by atoms with Crippen molar-refractivity contribution in [3.63, 3.8) is 0 Å². The van der Waals surface area contributed by atoms with E-state index in [0.717, 1.165) is 0 Å². The summed E-state index contributed by atoms with van der Waals surface area (Å²) in [6, 6.07) is 0. The Morgan fingerprint density at radius 1 is 1.60 bits per heavy atom. The molecule has 1 unspecified atom stereocenters. The molecule has 1 fully saturated rings. The molecule has 1 saturated heterocycles. The van der Waals surface area contributed by atoms with E-state index < -0.39 is 0 Å². The second-order valence-electron chi connectivity index (χ2n) is 4.49. The first kappa shape index (κ1) is 12.4. The first-order valence-electron chi connectivity index (χ1n) is 5.05. The van der Waals surface area contributed by atoms with E-state index in [9.17, 15) is 4.79 Å². The molecular formula is C10H18N2O2S. The van der Waals surface area contributed by atoms with Gasteiger partial charge in [-0.2, -0.15) is 0 Å². The Morgan fingerprint density at radius 3 is 2.67 bits per heavy atom. The van der Waals surface area contributed by atoms with Crippen LogP contribution >= 0.6 is 12.2 Å². The molecule has 0 aromatic rings. The summed E-state index contributed by atoms with van der Waals surface area (Å²) in [4.78, 5) is 14.0. The maximum Gasteiger partial charge on any atom is 0.232 e. The van der Waals surface area contributed by atoms with E-state index in [2.05, 4.69) is 0 Å². The van der Waals surface area contributed by atoms with Gasteiger partial charge in [0.15, 0.2) is 0 Å². The summed E-state index contributed by atoms with van der Waals surface area (Å²) < 4.78 is 5.53. The number of hydrogen-bond donors (Lipinski definition) is 1. The van der Waals surface area contributed by atoms with Crippen molar-refractivity contribution < 1.29 is 9.53 Å². The summed E-state index contributed by atoms with van der Waals surface area (Å²) in [5.74, 6) is -0.382. The van der Waals surface area contributed by atoms with Gasteiger partial charge in [0.05, 0.1) is 23.1 Å². The van der Waals surface area contributed by atoms with Crippen molar-refractivity contribution in [1.29, 1.82) is 0 Å². The van der Waals surface area contributed by atoms with Crippen molar-refractivity contribution in [3.05, 3.63) is 0 Å². The highest BCUT2D eigenvalue weighted by atomic mass is 32.1. The van der Waals surface area contributed by atoms with Gasteiger partial charge >= 0.3 is 0 Å². The maximum absolute atomic E-state index is 11.9. The van der Waals surface area contributed by atoms with Gasteiger partial charge < -0.3 is 15.4 Å². The van der Waals surface area contributed by atoms with Gasteiger partial charge in [0.25, 0.3) is 0 Å². The zero-order chi connectivity index (χ0) is 11.6. The molecule has 0 radical (unpaired) electrons. The highest BCUT2D eigenvalue weighted by molar-refractivity contribution is 7.80. The Labute approximate surface area is 95.8 Å². The van der Waals surface area contributed by atoms with Crippen LogP contribution in [0.1, 0.15) is 20.8 Å². The lowest BCUT2D eigenvalue weighted by Gasteiger charge is -2.39. The van der Waals surface area contributed by atoms with Gasteiger partial charge in [-0.05, 0) is 20.8 Å². The van der Waals surface area contributed by atoms with Crippen molar-refractivity contribution in [3.8, 4) is 0 Å². The van der Waals surface area contributed by atoms with Gasteiger partial charge in [-0.3, -0.25) is 4.79 Å². The molecule has 0 saturated carbocycles. The van der Waals surface area contributed by atoms with Crippen molar-refractivity contribution in [2.24, 2.45) is 11.7 Å². The van der Waals surface area contributed by atoms with E-state index in [1.165, 1.54) is 0 Å². The largest absolute Gasteiger partial charge is 0.393 e. The third-order valence-corrected chi connectivity index (χ3v) is 2.89. The Bertz CT molecular complexity index is 279. The Balaban J connectivity index is 2.64. The molecule has 0 aromatic carbocycles. The molecule has 1 rings (SSSR count). The number of nitrogens with two attached hydrogens (primary N) is 1. The van der Waals surface area contributed by atoms with Gasteiger partial charge in [-0.15, -0.1) is 0 Å². The minimum atomic E-state index is -0.381. The van der Waals surface area contributed by atoms with Crippen LogP contribution in [0.2, 0.25) is 0 Å². The first-order chi connectivity index (χ1) is 6.83. The number of hydrogen-bond acceptors (Lipinski definition) is 3. The molecule has 86 valence electrons. The number of carbonyl (C=O) groups is 1. The fourth-order valence-electron chi connectivity index (χ4n) is 1.60. The van der Waals surface area contributed by atoms with Crippen LogP contribution in [0.5, 0.6) is 0 Å². The summed E-state index contributed by atoms with van der Waals surface area (Å²) in [6.45, 7) is 7.47. The van der Waals surface area contributed by atoms with Crippen LogP contribution in [0.25, 0.3) is 0 Å². The minimum Gasteiger partial charge on any atom is -0.393 e. The van der Waals surface area contributed by atoms with E-state index in [0.29, 0.717) is 19.7 Å². The van der Waals surface area contributed by atoms with Gasteiger partial charge in [0, 0.05) is 13.1 Å². The number of nitrogens with zero attached hydrogens (tertiary/aromatic N) is 1. The van der Waals surface area contributed by atoms with Crippen molar-refractivity contribution in [1.82, 2.24) is 4.90 Å². The molecule has 15 heavy (non-hydrogen) atoms. The lowest BCUT2D eigenvalue weighted by molar-refractivity contribution is -0.147. The van der Waals surface area contributed by atoms with Gasteiger partial charge in [-0.25, -0.2) is 0 Å². The van der Waals surface area contributed by atoms with Crippen LogP contribution in [0.3, 0.4) is 0 Å². The Kier molecular flexibility index (Phi) is 3.67. The first-order valence-corrected chi connectivity index (χ1v) is 5.46. The SMILES string of the molecule is CC(C(=O)N1CCOC(C)(C)C1)C(N)=S. The molecule has 1 atom stereocenters. The minimum absolute atomic E-state index is 0.00104. The number of ether oxygens (including phenoxy) is 1. The molecular weight excluding hydrogens is 212 g/mol. The Hall–Kier alpha value is -0.680. The predicted molar refractivity (Wildman–Crippen MR) is 62.6 cm³/mol. The van der Waals surface area contributed by atoms with Gasteiger partial charge in [0.1, 0.15) is 0 Å². The van der Waals surface area contributed by atoms with Gasteiger partial charge in [-0.1, -0.05) is 12.2 Å². The van der Waals surface area contributed by atoms with Crippen molar-refractivity contribution in [2.75, 3.05) is 19.7 Å². The van der Waals surface area contributed by atoms with Crippen LogP contribution < -0.4 is 5.73 Å². The topological polar surface area (TPSA) is 55.6 Å². The molecule has 2 N–H and O–H groups in total. The summed E-state index contributed by atoms with van der Waals surface area (Å²) >= 11 is 4.82. The fourth-order valence-corrected chi connectivity index (χ4v) is 1.70. The Morgan fingerprint density at radius 2 is 2.20 bits per heavy atom.